The molecule has 104 valence electrons. The van der Waals surface area contributed by atoms with Gasteiger partial charge in [0.25, 0.3) is 0 Å². The van der Waals surface area contributed by atoms with Crippen LogP contribution in [0.3, 0.4) is 0 Å². The molecule has 3 rings (SSSR count). The molecule has 0 atom stereocenters. The number of hydrogen-bond donors (Lipinski definition) is 1. The van der Waals surface area contributed by atoms with Gasteiger partial charge in [-0.25, -0.2) is 4.39 Å². The highest BCUT2D eigenvalue weighted by atomic mass is 79.9. The van der Waals surface area contributed by atoms with E-state index in [2.05, 4.69) is 21.2 Å². The van der Waals surface area contributed by atoms with E-state index in [1.165, 1.54) is 25.0 Å². The van der Waals surface area contributed by atoms with Crippen LogP contribution in [0.25, 0.3) is 0 Å². The zero-order chi connectivity index (χ0) is 13.9. The molecule has 0 aliphatic heterocycles. The summed E-state index contributed by atoms with van der Waals surface area (Å²) in [5.74, 6) is 0.976. The van der Waals surface area contributed by atoms with Crippen molar-refractivity contribution >= 4 is 15.9 Å². The lowest BCUT2D eigenvalue weighted by molar-refractivity contribution is 0.467. The molecule has 1 N–H and O–H groups in total. The van der Waals surface area contributed by atoms with Gasteiger partial charge in [-0.15, -0.1) is 0 Å². The Balaban J connectivity index is 1.79. The van der Waals surface area contributed by atoms with Crippen molar-refractivity contribution < 1.29 is 9.13 Å². The summed E-state index contributed by atoms with van der Waals surface area (Å²) in [5.41, 5.74) is 1.07. The lowest BCUT2D eigenvalue weighted by Crippen LogP contribution is -2.15. The molecule has 0 heterocycles. The fourth-order valence-electron chi connectivity index (χ4n) is 1.98. The van der Waals surface area contributed by atoms with Gasteiger partial charge in [-0.3, -0.25) is 0 Å². The van der Waals surface area contributed by atoms with Gasteiger partial charge in [-0.1, -0.05) is 22.0 Å². The largest absolute Gasteiger partial charge is 0.457 e. The van der Waals surface area contributed by atoms with Gasteiger partial charge in [0.2, 0.25) is 0 Å². The van der Waals surface area contributed by atoms with Gasteiger partial charge >= 0.3 is 0 Å². The van der Waals surface area contributed by atoms with Crippen molar-refractivity contribution in [3.05, 3.63) is 58.3 Å². The molecule has 1 fully saturated rings. The average molecular weight is 336 g/mol. The topological polar surface area (TPSA) is 21.3 Å². The minimum atomic E-state index is -0.294. The van der Waals surface area contributed by atoms with Crippen molar-refractivity contribution in [1.82, 2.24) is 5.32 Å². The van der Waals surface area contributed by atoms with E-state index < -0.39 is 0 Å². The van der Waals surface area contributed by atoms with Gasteiger partial charge in [-0.2, -0.15) is 0 Å². The predicted molar refractivity (Wildman–Crippen MR) is 80.5 cm³/mol. The first-order valence-corrected chi connectivity index (χ1v) is 7.45. The molecule has 0 unspecified atom stereocenters. The van der Waals surface area contributed by atoms with Crippen molar-refractivity contribution in [3.8, 4) is 11.5 Å². The second-order valence-electron chi connectivity index (χ2n) is 4.97. The van der Waals surface area contributed by atoms with Crippen molar-refractivity contribution in [1.29, 1.82) is 0 Å². The summed E-state index contributed by atoms with van der Waals surface area (Å²) in [7, 11) is 0. The summed E-state index contributed by atoms with van der Waals surface area (Å²) in [5, 5.41) is 3.46. The van der Waals surface area contributed by atoms with E-state index in [9.17, 15) is 4.39 Å². The first-order chi connectivity index (χ1) is 9.70. The Morgan fingerprint density at radius 3 is 2.80 bits per heavy atom. The first-order valence-electron chi connectivity index (χ1n) is 6.66. The maximum absolute atomic E-state index is 13.2. The molecular weight excluding hydrogens is 321 g/mol. The average Bonchev–Trinajstić information content (AvgIpc) is 3.23. The van der Waals surface area contributed by atoms with Crippen LogP contribution >= 0.6 is 15.9 Å². The number of halogens is 2. The lowest BCUT2D eigenvalue weighted by Gasteiger charge is -2.12. The Kier molecular flexibility index (Phi) is 4.03. The van der Waals surface area contributed by atoms with Crippen molar-refractivity contribution in [2.24, 2.45) is 0 Å². The fraction of sp³-hybridized carbons (Fsp3) is 0.250. The molecule has 1 aliphatic rings. The Hall–Kier alpha value is -1.39. The van der Waals surface area contributed by atoms with E-state index in [0.29, 0.717) is 11.8 Å². The highest BCUT2D eigenvalue weighted by Crippen LogP contribution is 2.29. The minimum absolute atomic E-state index is 0.294. The maximum Gasteiger partial charge on any atom is 0.131 e. The third-order valence-corrected chi connectivity index (χ3v) is 3.70. The second-order valence-corrected chi connectivity index (χ2v) is 5.88. The fourth-order valence-corrected chi connectivity index (χ4v) is 2.39. The van der Waals surface area contributed by atoms with Gasteiger partial charge in [0.1, 0.15) is 17.3 Å². The van der Waals surface area contributed by atoms with E-state index in [1.54, 1.807) is 12.1 Å². The molecule has 4 heteroatoms. The van der Waals surface area contributed by atoms with Crippen LogP contribution in [0, 0.1) is 5.82 Å². The number of benzene rings is 2. The van der Waals surface area contributed by atoms with E-state index in [1.807, 2.05) is 18.2 Å². The molecule has 20 heavy (non-hydrogen) atoms. The Bertz CT molecular complexity index is 613. The molecule has 0 saturated heterocycles. The highest BCUT2D eigenvalue weighted by Gasteiger charge is 2.20. The van der Waals surface area contributed by atoms with Crippen LogP contribution in [0.2, 0.25) is 0 Å². The SMILES string of the molecule is Fc1cccc(Oc2ccc(Br)cc2CNC2CC2)c1. The Morgan fingerprint density at radius 1 is 1.20 bits per heavy atom. The van der Waals surface area contributed by atoms with Gasteiger partial charge < -0.3 is 10.1 Å². The Labute approximate surface area is 126 Å². The summed E-state index contributed by atoms with van der Waals surface area (Å²) in [4.78, 5) is 0. The summed E-state index contributed by atoms with van der Waals surface area (Å²) < 4.78 is 20.0. The third kappa shape index (κ3) is 3.58. The molecule has 2 nitrogen and oxygen atoms in total. The monoisotopic (exact) mass is 335 g/mol. The number of nitrogens with one attached hydrogen (secondary N) is 1. The smallest absolute Gasteiger partial charge is 0.131 e. The molecule has 0 spiro atoms. The van der Waals surface area contributed by atoms with Crippen molar-refractivity contribution in [3.63, 3.8) is 0 Å². The molecule has 0 amide bonds. The Morgan fingerprint density at radius 2 is 2.05 bits per heavy atom. The zero-order valence-corrected chi connectivity index (χ0v) is 12.5. The number of hydrogen-bond acceptors (Lipinski definition) is 2. The quantitative estimate of drug-likeness (QED) is 0.859. The van der Waals surface area contributed by atoms with Crippen LogP contribution in [0.15, 0.2) is 46.9 Å². The number of rotatable bonds is 5. The molecule has 1 aliphatic carbocycles. The maximum atomic E-state index is 13.2. The van der Waals surface area contributed by atoms with E-state index in [4.69, 9.17) is 4.74 Å². The van der Waals surface area contributed by atoms with Crippen molar-refractivity contribution in [2.45, 2.75) is 25.4 Å². The third-order valence-electron chi connectivity index (χ3n) is 3.20. The normalized spacial score (nSPS) is 14.3. The van der Waals surface area contributed by atoms with Crippen LogP contribution in [-0.2, 0) is 6.54 Å². The van der Waals surface area contributed by atoms with Gasteiger partial charge in [0, 0.05) is 28.7 Å². The number of ether oxygens (including phenoxy) is 1. The first kappa shape index (κ1) is 13.6. The van der Waals surface area contributed by atoms with Gasteiger partial charge in [0.05, 0.1) is 0 Å². The van der Waals surface area contributed by atoms with Crippen LogP contribution in [0.1, 0.15) is 18.4 Å². The van der Waals surface area contributed by atoms with Gasteiger partial charge in [0.15, 0.2) is 0 Å². The second kappa shape index (κ2) is 5.94. The molecule has 0 radical (unpaired) electrons. The van der Waals surface area contributed by atoms with Crippen LogP contribution in [0.4, 0.5) is 4.39 Å². The molecular formula is C16H15BrFNO. The molecule has 1 saturated carbocycles. The summed E-state index contributed by atoms with van der Waals surface area (Å²) in [6.07, 6.45) is 2.49. The molecule has 2 aromatic rings. The standard InChI is InChI=1S/C16H15BrFNO/c17-12-4-7-16(11(8-12)10-19-14-5-6-14)20-15-3-1-2-13(18)9-15/h1-4,7-9,14,19H,5-6,10H2. The zero-order valence-electron chi connectivity index (χ0n) is 10.9. The molecule has 2 aromatic carbocycles. The van der Waals surface area contributed by atoms with E-state index >= 15 is 0 Å². The van der Waals surface area contributed by atoms with Crippen LogP contribution in [-0.4, -0.2) is 6.04 Å². The van der Waals surface area contributed by atoms with Crippen LogP contribution in [0.5, 0.6) is 11.5 Å². The molecule has 0 bridgehead atoms. The highest BCUT2D eigenvalue weighted by molar-refractivity contribution is 9.10. The summed E-state index contributed by atoms with van der Waals surface area (Å²) in [6.45, 7) is 0.759. The molecule has 0 aromatic heterocycles. The predicted octanol–water partition coefficient (Wildman–Crippen LogP) is 4.63. The lowest BCUT2D eigenvalue weighted by atomic mass is 10.2. The van der Waals surface area contributed by atoms with E-state index in [-0.39, 0.29) is 5.82 Å². The summed E-state index contributed by atoms with van der Waals surface area (Å²) in [6, 6.07) is 12.7. The van der Waals surface area contributed by atoms with Crippen LogP contribution < -0.4 is 10.1 Å². The van der Waals surface area contributed by atoms with E-state index in [0.717, 1.165) is 22.3 Å². The summed E-state index contributed by atoms with van der Waals surface area (Å²) >= 11 is 3.47. The van der Waals surface area contributed by atoms with Crippen molar-refractivity contribution in [2.75, 3.05) is 0 Å². The minimum Gasteiger partial charge on any atom is -0.457 e. The van der Waals surface area contributed by atoms with Gasteiger partial charge in [-0.05, 0) is 43.2 Å².